The second-order valence-corrected chi connectivity index (χ2v) is 5.58. The molecule has 5 heteroatoms. The number of aromatic nitrogens is 1. The molecular weight excluding hydrogens is 280 g/mol. The summed E-state index contributed by atoms with van der Waals surface area (Å²) in [5, 5.41) is 10.1. The minimum atomic E-state index is 0.306. The lowest BCUT2D eigenvalue weighted by molar-refractivity contribution is 0.739. The number of nitrogens with zero attached hydrogens (tertiary/aromatic N) is 1. The molecule has 0 unspecified atom stereocenters. The van der Waals surface area contributed by atoms with Crippen molar-refractivity contribution >= 4 is 34.5 Å². The Labute approximate surface area is 131 Å². The van der Waals surface area contributed by atoms with Gasteiger partial charge >= 0.3 is 0 Å². The molecule has 0 aliphatic heterocycles. The average Bonchev–Trinajstić information content (AvgIpc) is 2.42. The zero-order chi connectivity index (χ0) is 15.2. The quantitative estimate of drug-likeness (QED) is 0.749. The number of thiocarbonyl (C=S) groups is 1. The number of pyridine rings is 1. The number of nitrogens with one attached hydrogen (secondary N) is 3. The summed E-state index contributed by atoms with van der Waals surface area (Å²) in [6.07, 6.45) is 1.75. The van der Waals surface area contributed by atoms with Crippen LogP contribution < -0.4 is 16.0 Å². The molecule has 21 heavy (non-hydrogen) atoms. The van der Waals surface area contributed by atoms with E-state index in [1.807, 2.05) is 38.1 Å². The SMILES string of the molecule is Cc1ccc(Nc2ccc(NC(=S)NC(C)C)cn2)cc1. The van der Waals surface area contributed by atoms with E-state index in [1.54, 1.807) is 6.20 Å². The number of hydrogen-bond acceptors (Lipinski definition) is 3. The Kier molecular flexibility index (Phi) is 5.11. The van der Waals surface area contributed by atoms with Gasteiger partial charge in [0.2, 0.25) is 0 Å². The average molecular weight is 300 g/mol. The standard InChI is InChI=1S/C16H20N4S/c1-11(2)18-16(21)20-14-8-9-15(17-10-14)19-13-6-4-12(3)5-7-13/h4-11H,1-3H3,(H,17,19)(H2,18,20,21). The zero-order valence-electron chi connectivity index (χ0n) is 12.5. The smallest absolute Gasteiger partial charge is 0.171 e. The predicted molar refractivity (Wildman–Crippen MR) is 93.2 cm³/mol. The van der Waals surface area contributed by atoms with Crippen LogP contribution in [0.5, 0.6) is 0 Å². The molecule has 0 saturated heterocycles. The van der Waals surface area contributed by atoms with Crippen LogP contribution >= 0.6 is 12.2 Å². The van der Waals surface area contributed by atoms with Crippen LogP contribution in [0.1, 0.15) is 19.4 Å². The van der Waals surface area contributed by atoms with Crippen molar-refractivity contribution in [3.05, 3.63) is 48.2 Å². The van der Waals surface area contributed by atoms with Gasteiger partial charge in [-0.1, -0.05) is 17.7 Å². The van der Waals surface area contributed by atoms with E-state index in [0.29, 0.717) is 11.2 Å². The number of benzene rings is 1. The first-order chi connectivity index (χ1) is 10.0. The van der Waals surface area contributed by atoms with Crippen molar-refractivity contribution in [2.45, 2.75) is 26.8 Å². The van der Waals surface area contributed by atoms with E-state index in [1.165, 1.54) is 5.56 Å². The van der Waals surface area contributed by atoms with E-state index in [2.05, 4.69) is 40.0 Å². The van der Waals surface area contributed by atoms with Crippen LogP contribution in [0.25, 0.3) is 0 Å². The van der Waals surface area contributed by atoms with E-state index < -0.39 is 0 Å². The van der Waals surface area contributed by atoms with Crippen molar-refractivity contribution in [1.82, 2.24) is 10.3 Å². The molecule has 3 N–H and O–H groups in total. The molecule has 0 saturated carbocycles. The highest BCUT2D eigenvalue weighted by molar-refractivity contribution is 7.80. The topological polar surface area (TPSA) is 49.0 Å². The van der Waals surface area contributed by atoms with Crippen LogP contribution in [0.2, 0.25) is 0 Å². The lowest BCUT2D eigenvalue weighted by Crippen LogP contribution is -2.33. The molecule has 2 aromatic rings. The first kappa shape index (κ1) is 15.3. The molecule has 0 fully saturated rings. The van der Waals surface area contributed by atoms with Crippen molar-refractivity contribution < 1.29 is 0 Å². The van der Waals surface area contributed by atoms with Crippen LogP contribution in [0, 0.1) is 6.92 Å². The lowest BCUT2D eigenvalue weighted by Gasteiger charge is -2.13. The maximum Gasteiger partial charge on any atom is 0.171 e. The van der Waals surface area contributed by atoms with Crippen molar-refractivity contribution in [1.29, 1.82) is 0 Å². The highest BCUT2D eigenvalue weighted by Gasteiger charge is 2.01. The Bertz CT molecular complexity index is 591. The Morgan fingerprint density at radius 2 is 1.71 bits per heavy atom. The normalized spacial score (nSPS) is 10.3. The van der Waals surface area contributed by atoms with Crippen molar-refractivity contribution in [2.75, 3.05) is 10.6 Å². The lowest BCUT2D eigenvalue weighted by atomic mass is 10.2. The maximum atomic E-state index is 5.20. The van der Waals surface area contributed by atoms with Gasteiger partial charge in [0, 0.05) is 11.7 Å². The van der Waals surface area contributed by atoms with E-state index in [4.69, 9.17) is 12.2 Å². The number of anilines is 3. The summed E-state index contributed by atoms with van der Waals surface area (Å²) in [4.78, 5) is 4.37. The number of aryl methyl sites for hydroxylation is 1. The van der Waals surface area contributed by atoms with Gasteiger partial charge in [0.15, 0.2) is 5.11 Å². The Morgan fingerprint density at radius 1 is 1.05 bits per heavy atom. The van der Waals surface area contributed by atoms with E-state index >= 15 is 0 Å². The van der Waals surface area contributed by atoms with Crippen LogP contribution in [-0.4, -0.2) is 16.1 Å². The fraction of sp³-hybridized carbons (Fsp3) is 0.250. The predicted octanol–water partition coefficient (Wildman–Crippen LogP) is 3.83. The van der Waals surface area contributed by atoms with Crippen molar-refractivity contribution in [3.63, 3.8) is 0 Å². The summed E-state index contributed by atoms with van der Waals surface area (Å²) in [5.41, 5.74) is 3.12. The third-order valence-corrected chi connectivity index (χ3v) is 2.99. The van der Waals surface area contributed by atoms with Gasteiger partial charge in [0.05, 0.1) is 11.9 Å². The second kappa shape index (κ2) is 7.04. The Hall–Kier alpha value is -2.14. The third-order valence-electron chi connectivity index (χ3n) is 2.77. The first-order valence-electron chi connectivity index (χ1n) is 6.90. The van der Waals surface area contributed by atoms with Crippen LogP contribution in [0.15, 0.2) is 42.6 Å². The molecule has 0 radical (unpaired) electrons. The third kappa shape index (κ3) is 5.04. The molecule has 0 spiro atoms. The van der Waals surface area contributed by atoms with Crippen LogP contribution in [0.3, 0.4) is 0 Å². The first-order valence-corrected chi connectivity index (χ1v) is 7.31. The van der Waals surface area contributed by atoms with E-state index in [-0.39, 0.29) is 0 Å². The van der Waals surface area contributed by atoms with Gasteiger partial charge < -0.3 is 16.0 Å². The summed E-state index contributed by atoms with van der Waals surface area (Å²) < 4.78 is 0. The van der Waals surface area contributed by atoms with E-state index in [0.717, 1.165) is 17.2 Å². The largest absolute Gasteiger partial charge is 0.360 e. The van der Waals surface area contributed by atoms with Gasteiger partial charge in [0.1, 0.15) is 5.82 Å². The van der Waals surface area contributed by atoms with Crippen LogP contribution in [-0.2, 0) is 0 Å². The van der Waals surface area contributed by atoms with Gasteiger partial charge in [0.25, 0.3) is 0 Å². The number of hydrogen-bond donors (Lipinski definition) is 3. The van der Waals surface area contributed by atoms with Crippen molar-refractivity contribution in [2.24, 2.45) is 0 Å². The zero-order valence-corrected chi connectivity index (χ0v) is 13.3. The number of rotatable bonds is 4. The highest BCUT2D eigenvalue weighted by Crippen LogP contribution is 2.16. The molecule has 1 heterocycles. The van der Waals surface area contributed by atoms with Gasteiger partial charge in [-0.25, -0.2) is 4.98 Å². The molecule has 4 nitrogen and oxygen atoms in total. The van der Waals surface area contributed by atoms with Crippen molar-refractivity contribution in [3.8, 4) is 0 Å². The molecule has 0 bridgehead atoms. The molecule has 0 amide bonds. The summed E-state index contributed by atoms with van der Waals surface area (Å²) in [6.45, 7) is 6.15. The molecule has 0 atom stereocenters. The molecule has 110 valence electrons. The second-order valence-electron chi connectivity index (χ2n) is 5.18. The highest BCUT2D eigenvalue weighted by atomic mass is 32.1. The summed E-state index contributed by atoms with van der Waals surface area (Å²) >= 11 is 5.20. The van der Waals surface area contributed by atoms with Gasteiger partial charge in [-0.2, -0.15) is 0 Å². The van der Waals surface area contributed by atoms with E-state index in [9.17, 15) is 0 Å². The fourth-order valence-corrected chi connectivity index (χ4v) is 2.11. The molecule has 2 rings (SSSR count). The van der Waals surface area contributed by atoms with Gasteiger partial charge in [-0.15, -0.1) is 0 Å². The Balaban J connectivity index is 1.95. The van der Waals surface area contributed by atoms with Crippen LogP contribution in [0.4, 0.5) is 17.2 Å². The minimum absolute atomic E-state index is 0.306. The fourth-order valence-electron chi connectivity index (χ4n) is 1.76. The molecule has 0 aliphatic rings. The monoisotopic (exact) mass is 300 g/mol. The molecule has 0 aliphatic carbocycles. The summed E-state index contributed by atoms with van der Waals surface area (Å²) in [7, 11) is 0. The van der Waals surface area contributed by atoms with Gasteiger partial charge in [-0.3, -0.25) is 0 Å². The minimum Gasteiger partial charge on any atom is -0.360 e. The molecular formula is C16H20N4S. The summed E-state index contributed by atoms with van der Waals surface area (Å²) in [5.74, 6) is 0.798. The molecule has 1 aromatic carbocycles. The summed E-state index contributed by atoms with van der Waals surface area (Å²) in [6, 6.07) is 12.4. The molecule has 1 aromatic heterocycles. The maximum absolute atomic E-state index is 5.20. The van der Waals surface area contributed by atoms with Gasteiger partial charge in [-0.05, 0) is 57.3 Å². The Morgan fingerprint density at radius 3 is 2.29 bits per heavy atom.